The van der Waals surface area contributed by atoms with Gasteiger partial charge < -0.3 is 24.5 Å². The van der Waals surface area contributed by atoms with Crippen molar-refractivity contribution < 1.29 is 29.1 Å². The first-order valence-corrected chi connectivity index (χ1v) is 25.8. The van der Waals surface area contributed by atoms with Gasteiger partial charge in [-0.2, -0.15) is 0 Å². The van der Waals surface area contributed by atoms with Gasteiger partial charge in [-0.05, 0) is 123 Å². The van der Waals surface area contributed by atoms with E-state index in [1.807, 2.05) is 42.6 Å². The molecule has 3 N–H and O–H groups in total. The molecule has 4 aromatic heterocycles. The van der Waals surface area contributed by atoms with Gasteiger partial charge in [0.2, 0.25) is 11.8 Å². The Labute approximate surface area is 423 Å². The molecular weight excluding hydrogens is 927 g/mol. The molecule has 18 nitrogen and oxygen atoms in total. The number of likely N-dealkylation sites (tertiary alicyclic amines) is 1. The number of carbonyl (C=O) groups is 5. The quantitative estimate of drug-likeness (QED) is 0.159. The highest BCUT2D eigenvalue weighted by Gasteiger charge is 2.47. The van der Waals surface area contributed by atoms with Gasteiger partial charge >= 0.3 is 0 Å². The Morgan fingerprint density at radius 3 is 2.41 bits per heavy atom. The van der Waals surface area contributed by atoms with Crippen molar-refractivity contribution in [2.75, 3.05) is 47.8 Å². The van der Waals surface area contributed by atoms with Crippen molar-refractivity contribution in [3.8, 4) is 11.1 Å². The Bertz CT molecular complexity index is 3190. The number of pyridine rings is 3. The molecule has 18 heteroatoms. The molecular formula is C55H61N11O7. The summed E-state index contributed by atoms with van der Waals surface area (Å²) in [4.78, 5) is 98.5. The van der Waals surface area contributed by atoms with Crippen LogP contribution in [0.3, 0.4) is 0 Å². The molecule has 0 spiro atoms. The zero-order valence-electron chi connectivity index (χ0n) is 41.8. The van der Waals surface area contributed by atoms with Gasteiger partial charge in [-0.3, -0.25) is 53.7 Å². The van der Waals surface area contributed by atoms with Gasteiger partial charge in [0.15, 0.2) is 0 Å². The second-order valence-corrected chi connectivity index (χ2v) is 22.0. The van der Waals surface area contributed by atoms with Gasteiger partial charge in [-0.15, -0.1) is 0 Å². The second-order valence-electron chi connectivity index (χ2n) is 22.0. The van der Waals surface area contributed by atoms with Crippen LogP contribution in [0.5, 0.6) is 0 Å². The minimum absolute atomic E-state index is 0.0868. The van der Waals surface area contributed by atoms with Crippen LogP contribution in [0.1, 0.15) is 119 Å². The van der Waals surface area contributed by atoms with E-state index in [0.29, 0.717) is 76.0 Å². The number of nitrogens with one attached hydrogen (secondary N) is 2. The van der Waals surface area contributed by atoms with E-state index in [0.717, 1.165) is 80.9 Å². The number of hydrogen-bond acceptors (Lipinski definition) is 13. The molecule has 1 aromatic carbocycles. The molecule has 2 aliphatic carbocycles. The number of fused-ring (bicyclic) bond motifs is 4. The predicted molar refractivity (Wildman–Crippen MR) is 273 cm³/mol. The highest BCUT2D eigenvalue weighted by molar-refractivity contribution is 6.23. The van der Waals surface area contributed by atoms with Gasteiger partial charge in [0, 0.05) is 99.6 Å². The summed E-state index contributed by atoms with van der Waals surface area (Å²) in [6, 6.07) is 15.4. The van der Waals surface area contributed by atoms with Crippen LogP contribution in [0.2, 0.25) is 0 Å². The molecule has 7 aliphatic rings. The van der Waals surface area contributed by atoms with E-state index in [-0.39, 0.29) is 48.4 Å². The van der Waals surface area contributed by atoms with E-state index in [1.165, 1.54) is 15.8 Å². The molecule has 12 rings (SSSR count). The molecule has 3 saturated heterocycles. The topological polar surface area (TPSA) is 199 Å². The number of aryl methyl sites for hydroxylation is 1. The number of aliphatic hydroxyl groups is 1. The fourth-order valence-electron chi connectivity index (χ4n) is 13.1. The number of aromatic nitrogens is 4. The molecule has 9 heterocycles. The number of piperidine rings is 1. The van der Waals surface area contributed by atoms with Crippen molar-refractivity contribution in [2.45, 2.75) is 115 Å². The van der Waals surface area contributed by atoms with Crippen LogP contribution < -0.4 is 26.0 Å². The smallest absolute Gasteiger partial charge is 0.276 e. The molecule has 0 radical (unpaired) electrons. The lowest BCUT2D eigenvalue weighted by Crippen LogP contribution is -2.60. The number of anilines is 4. The molecule has 5 aliphatic heterocycles. The predicted octanol–water partition coefficient (Wildman–Crippen LogP) is 4.94. The number of amides is 5. The third-order valence-corrected chi connectivity index (χ3v) is 16.8. The Morgan fingerprint density at radius 1 is 0.822 bits per heavy atom. The third-order valence-electron chi connectivity index (χ3n) is 16.8. The minimum atomic E-state index is -0.982. The average Bonchev–Trinajstić information content (AvgIpc) is 4.11. The monoisotopic (exact) mass is 987 g/mol. The van der Waals surface area contributed by atoms with Crippen molar-refractivity contribution in [1.82, 2.24) is 39.1 Å². The third kappa shape index (κ3) is 8.05. The summed E-state index contributed by atoms with van der Waals surface area (Å²) in [5, 5.41) is 16.3. The van der Waals surface area contributed by atoms with Gasteiger partial charge in [0.05, 0.1) is 29.6 Å². The number of rotatable bonds is 10. The van der Waals surface area contributed by atoms with Crippen LogP contribution >= 0.6 is 0 Å². The molecule has 5 aromatic rings. The Hall–Kier alpha value is -7.02. The Kier molecular flexibility index (Phi) is 11.5. The van der Waals surface area contributed by atoms with Crippen LogP contribution in [-0.2, 0) is 42.6 Å². The Morgan fingerprint density at radius 2 is 1.64 bits per heavy atom. The Balaban J connectivity index is 0.673. The van der Waals surface area contributed by atoms with E-state index < -0.39 is 29.7 Å². The van der Waals surface area contributed by atoms with E-state index in [2.05, 4.69) is 55.7 Å². The summed E-state index contributed by atoms with van der Waals surface area (Å²) in [6.07, 6.45) is 11.5. The number of benzene rings is 1. The highest BCUT2D eigenvalue weighted by Crippen LogP contribution is 2.44. The van der Waals surface area contributed by atoms with E-state index >= 15 is 0 Å². The standard InChI is InChI=1S/C55H61N11O7/c1-31-28-61(36-23-37(24-36)63-15-5-6-43(63)32-7-9-39-40(20-32)52(71)66(51(39)70)44-10-12-48(68)59-50(44)69)16-17-62(31)35-8-11-47(57-27-35)58-42-21-34(29-60(4)53(42)72)38-13-14-56-49(41(38)30-67)65-19-18-64-45(54(65)73)22-33-25-55(2,3)26-46(33)64/h7-9,11,13-14,20-22,27,29,31,36-37,43-44,67H,5-6,10,12,15-19,23-26,28,30H2,1-4H3,(H,57,58)(H,59,68,69)/t31-,36?,37?,43+,44?/m0/s1. The molecule has 1 saturated carbocycles. The van der Waals surface area contributed by atoms with Crippen molar-refractivity contribution in [2.24, 2.45) is 12.5 Å². The SMILES string of the molecule is C[C@H]1CN(C2CC(N3CCC[C@@H]3c3ccc4c(c3)C(=O)N(C3CCC(=O)NC3=O)C4=O)C2)CCN1c1ccc(Nc2cc(-c3ccnc(N4CCn5c(cc6c5CC(C)(C)C6)C4=O)c3CO)cn(C)c2=O)nc1. The van der Waals surface area contributed by atoms with Crippen LogP contribution in [0.4, 0.5) is 23.0 Å². The summed E-state index contributed by atoms with van der Waals surface area (Å²) in [7, 11) is 1.69. The maximum atomic E-state index is 14.0. The number of piperazine rings is 1. The number of imide groups is 2. The number of aliphatic hydroxyl groups excluding tert-OH is 1. The first-order chi connectivity index (χ1) is 35.1. The molecule has 73 heavy (non-hydrogen) atoms. The molecule has 5 amide bonds. The second kappa shape index (κ2) is 17.9. The molecule has 3 atom stereocenters. The highest BCUT2D eigenvalue weighted by atomic mass is 16.3. The molecule has 378 valence electrons. The van der Waals surface area contributed by atoms with E-state index in [4.69, 9.17) is 4.98 Å². The van der Waals surface area contributed by atoms with Crippen LogP contribution in [-0.4, -0.2) is 125 Å². The zero-order valence-corrected chi connectivity index (χ0v) is 41.8. The lowest BCUT2D eigenvalue weighted by Gasteiger charge is -2.52. The van der Waals surface area contributed by atoms with Gasteiger partial charge in [-0.25, -0.2) is 9.97 Å². The summed E-state index contributed by atoms with van der Waals surface area (Å²) < 4.78 is 3.67. The van der Waals surface area contributed by atoms with Crippen LogP contribution in [0.25, 0.3) is 11.1 Å². The van der Waals surface area contributed by atoms with E-state index in [1.54, 1.807) is 36.5 Å². The van der Waals surface area contributed by atoms with Crippen molar-refractivity contribution in [1.29, 1.82) is 0 Å². The molecule has 1 unspecified atom stereocenters. The number of nitrogens with zero attached hydrogens (tertiary/aromatic N) is 9. The lowest BCUT2D eigenvalue weighted by atomic mass is 9.82. The lowest BCUT2D eigenvalue weighted by molar-refractivity contribution is -0.136. The normalized spacial score (nSPS) is 25.0. The fourth-order valence-corrected chi connectivity index (χ4v) is 13.1. The zero-order chi connectivity index (χ0) is 50.6. The first kappa shape index (κ1) is 47.0. The number of hydrogen-bond donors (Lipinski definition) is 3. The van der Waals surface area contributed by atoms with Gasteiger partial charge in [0.25, 0.3) is 23.3 Å². The van der Waals surface area contributed by atoms with E-state index in [9.17, 15) is 33.9 Å². The minimum Gasteiger partial charge on any atom is -0.392 e. The van der Waals surface area contributed by atoms with Crippen molar-refractivity contribution in [3.05, 3.63) is 117 Å². The summed E-state index contributed by atoms with van der Waals surface area (Å²) in [5.41, 5.74) is 7.94. The van der Waals surface area contributed by atoms with Crippen molar-refractivity contribution in [3.63, 3.8) is 0 Å². The molecule has 0 bridgehead atoms. The first-order valence-electron chi connectivity index (χ1n) is 25.8. The maximum absolute atomic E-state index is 14.0. The summed E-state index contributed by atoms with van der Waals surface area (Å²) in [5.74, 6) is -1.15. The van der Waals surface area contributed by atoms with Crippen LogP contribution in [0.15, 0.2) is 71.9 Å². The summed E-state index contributed by atoms with van der Waals surface area (Å²) in [6.45, 7) is 11.2. The van der Waals surface area contributed by atoms with Crippen LogP contribution in [0, 0.1) is 5.41 Å². The number of carbonyl (C=O) groups excluding carboxylic acids is 5. The molecule has 4 fully saturated rings. The largest absolute Gasteiger partial charge is 0.392 e. The summed E-state index contributed by atoms with van der Waals surface area (Å²) >= 11 is 0. The maximum Gasteiger partial charge on any atom is 0.276 e. The van der Waals surface area contributed by atoms with Gasteiger partial charge in [0.1, 0.15) is 29.1 Å². The van der Waals surface area contributed by atoms with Crippen molar-refractivity contribution >= 4 is 52.5 Å². The van der Waals surface area contributed by atoms with Gasteiger partial charge in [-0.1, -0.05) is 19.9 Å². The average molecular weight is 988 g/mol. The fraction of sp³-hybridized carbons (Fsp3) is 0.455.